The summed E-state index contributed by atoms with van der Waals surface area (Å²) < 4.78 is 6.77. The van der Waals surface area contributed by atoms with E-state index >= 15 is 0 Å². The molecule has 2 aromatic rings. The summed E-state index contributed by atoms with van der Waals surface area (Å²) in [5.41, 5.74) is 1.11. The monoisotopic (exact) mass is 284 g/mol. The van der Waals surface area contributed by atoms with Crippen LogP contribution < -0.4 is 4.74 Å². The molecule has 1 aromatic heterocycles. The van der Waals surface area contributed by atoms with Crippen LogP contribution in [-0.4, -0.2) is 27.3 Å². The first-order chi connectivity index (χ1) is 8.61. The van der Waals surface area contributed by atoms with Crippen LogP contribution in [-0.2, 0) is 7.05 Å². The van der Waals surface area contributed by atoms with Crippen molar-refractivity contribution in [2.75, 3.05) is 7.11 Å². The van der Waals surface area contributed by atoms with Gasteiger partial charge in [0.05, 0.1) is 12.1 Å². The van der Waals surface area contributed by atoms with E-state index < -0.39 is 0 Å². The Morgan fingerprint density at radius 1 is 1.44 bits per heavy atom. The van der Waals surface area contributed by atoms with E-state index in [4.69, 9.17) is 16.3 Å². The minimum atomic E-state index is 0.207. The summed E-state index contributed by atoms with van der Waals surface area (Å²) in [5, 5.41) is 12.9. The predicted molar refractivity (Wildman–Crippen MR) is 71.1 cm³/mol. The number of nitrogens with zero attached hydrogens (tertiary/aromatic N) is 4. The van der Waals surface area contributed by atoms with Gasteiger partial charge >= 0.3 is 0 Å². The Bertz CT molecular complexity index is 546. The summed E-state index contributed by atoms with van der Waals surface area (Å²) in [6, 6.07) is 5.76. The number of hydrogen-bond acceptors (Lipinski definition) is 5. The van der Waals surface area contributed by atoms with Gasteiger partial charge in [0, 0.05) is 12.3 Å². The SMILES string of the molecule is COc1ccc(C(C)Sc2nnnn2C)cc1Cl. The van der Waals surface area contributed by atoms with E-state index in [1.165, 1.54) is 0 Å². The summed E-state index contributed by atoms with van der Waals surface area (Å²) in [6.45, 7) is 2.08. The van der Waals surface area contributed by atoms with Crippen LogP contribution in [0.25, 0.3) is 0 Å². The Balaban J connectivity index is 2.16. The van der Waals surface area contributed by atoms with Crippen LogP contribution in [0, 0.1) is 0 Å². The van der Waals surface area contributed by atoms with Crippen LogP contribution in [0.3, 0.4) is 0 Å². The van der Waals surface area contributed by atoms with Crippen molar-refractivity contribution < 1.29 is 4.74 Å². The maximum absolute atomic E-state index is 6.11. The van der Waals surface area contributed by atoms with Gasteiger partial charge in [0.25, 0.3) is 0 Å². The number of methoxy groups -OCH3 is 1. The molecule has 5 nitrogen and oxygen atoms in total. The molecular weight excluding hydrogens is 272 g/mol. The zero-order valence-corrected chi connectivity index (χ0v) is 11.9. The molecule has 0 saturated heterocycles. The number of rotatable bonds is 4. The second-order valence-electron chi connectivity index (χ2n) is 3.74. The van der Waals surface area contributed by atoms with E-state index in [0.717, 1.165) is 10.7 Å². The predicted octanol–water partition coefficient (Wildman–Crippen LogP) is 2.73. The van der Waals surface area contributed by atoms with Crippen molar-refractivity contribution >= 4 is 23.4 Å². The summed E-state index contributed by atoms with van der Waals surface area (Å²) in [6.07, 6.45) is 0. The van der Waals surface area contributed by atoms with Gasteiger partial charge < -0.3 is 4.74 Å². The number of aryl methyl sites for hydroxylation is 1. The molecule has 1 heterocycles. The van der Waals surface area contributed by atoms with E-state index in [2.05, 4.69) is 22.4 Å². The molecule has 0 aliphatic rings. The van der Waals surface area contributed by atoms with E-state index in [1.54, 1.807) is 23.6 Å². The van der Waals surface area contributed by atoms with E-state index in [-0.39, 0.29) is 5.25 Å². The average Bonchev–Trinajstić information content (AvgIpc) is 2.75. The van der Waals surface area contributed by atoms with Gasteiger partial charge in [-0.05, 0) is 35.0 Å². The summed E-state index contributed by atoms with van der Waals surface area (Å²) >= 11 is 7.69. The zero-order chi connectivity index (χ0) is 13.1. The molecule has 0 amide bonds. The first-order valence-corrected chi connectivity index (χ1v) is 6.60. The van der Waals surface area contributed by atoms with Gasteiger partial charge in [-0.2, -0.15) is 0 Å². The van der Waals surface area contributed by atoms with Crippen LogP contribution in [0.5, 0.6) is 5.75 Å². The fraction of sp³-hybridized carbons (Fsp3) is 0.364. The first kappa shape index (κ1) is 13.2. The molecule has 2 rings (SSSR count). The highest BCUT2D eigenvalue weighted by Crippen LogP contribution is 2.36. The van der Waals surface area contributed by atoms with Crippen molar-refractivity contribution in [2.45, 2.75) is 17.3 Å². The lowest BCUT2D eigenvalue weighted by atomic mass is 10.1. The number of hydrogen-bond donors (Lipinski definition) is 0. The molecule has 0 spiro atoms. The Kier molecular flexibility index (Phi) is 4.08. The molecule has 0 aliphatic carbocycles. The van der Waals surface area contributed by atoms with Gasteiger partial charge in [0.15, 0.2) is 0 Å². The normalized spacial score (nSPS) is 12.4. The molecule has 0 radical (unpaired) electrons. The third kappa shape index (κ3) is 2.76. The number of benzene rings is 1. The van der Waals surface area contributed by atoms with Gasteiger partial charge in [-0.25, -0.2) is 4.68 Å². The van der Waals surface area contributed by atoms with Gasteiger partial charge in [-0.1, -0.05) is 29.4 Å². The fourth-order valence-electron chi connectivity index (χ4n) is 1.48. The maximum Gasteiger partial charge on any atom is 0.209 e. The third-order valence-electron chi connectivity index (χ3n) is 2.51. The highest BCUT2D eigenvalue weighted by Gasteiger charge is 2.13. The van der Waals surface area contributed by atoms with Crippen molar-refractivity contribution in [1.82, 2.24) is 20.2 Å². The van der Waals surface area contributed by atoms with Crippen molar-refractivity contribution in [3.8, 4) is 5.75 Å². The maximum atomic E-state index is 6.11. The number of aromatic nitrogens is 4. The molecular formula is C11H13ClN4OS. The van der Waals surface area contributed by atoms with E-state index in [0.29, 0.717) is 10.8 Å². The van der Waals surface area contributed by atoms with E-state index in [9.17, 15) is 0 Å². The van der Waals surface area contributed by atoms with Gasteiger partial charge in [0.1, 0.15) is 5.75 Å². The molecule has 1 unspecified atom stereocenters. The van der Waals surface area contributed by atoms with Crippen LogP contribution in [0.1, 0.15) is 17.7 Å². The van der Waals surface area contributed by atoms with Gasteiger partial charge in [-0.3, -0.25) is 0 Å². The Morgan fingerprint density at radius 2 is 2.22 bits per heavy atom. The first-order valence-electron chi connectivity index (χ1n) is 5.34. The molecule has 0 bridgehead atoms. The molecule has 1 aromatic carbocycles. The van der Waals surface area contributed by atoms with Crippen molar-refractivity contribution in [2.24, 2.45) is 7.05 Å². The largest absolute Gasteiger partial charge is 0.495 e. The summed E-state index contributed by atoms with van der Waals surface area (Å²) in [7, 11) is 3.42. The van der Waals surface area contributed by atoms with E-state index in [1.807, 2.05) is 25.2 Å². The minimum Gasteiger partial charge on any atom is -0.495 e. The van der Waals surface area contributed by atoms with Crippen LogP contribution in [0.2, 0.25) is 5.02 Å². The highest BCUT2D eigenvalue weighted by molar-refractivity contribution is 7.99. The Labute approximate surface area is 114 Å². The van der Waals surface area contributed by atoms with Crippen molar-refractivity contribution in [3.05, 3.63) is 28.8 Å². The lowest BCUT2D eigenvalue weighted by molar-refractivity contribution is 0.415. The molecule has 0 aliphatic heterocycles. The lowest BCUT2D eigenvalue weighted by Gasteiger charge is -2.12. The van der Waals surface area contributed by atoms with Crippen molar-refractivity contribution in [3.63, 3.8) is 0 Å². The molecule has 0 N–H and O–H groups in total. The topological polar surface area (TPSA) is 52.8 Å². The van der Waals surface area contributed by atoms with Crippen LogP contribution >= 0.6 is 23.4 Å². The molecule has 7 heteroatoms. The number of halogens is 1. The zero-order valence-electron chi connectivity index (χ0n) is 10.3. The number of tetrazole rings is 1. The van der Waals surface area contributed by atoms with Crippen LogP contribution in [0.15, 0.2) is 23.4 Å². The molecule has 0 fully saturated rings. The smallest absolute Gasteiger partial charge is 0.209 e. The number of thioether (sulfide) groups is 1. The minimum absolute atomic E-state index is 0.207. The quantitative estimate of drug-likeness (QED) is 0.808. The average molecular weight is 285 g/mol. The molecule has 0 saturated carbocycles. The standard InChI is InChI=1S/C11H13ClN4OS/c1-7(18-11-13-14-15-16(11)2)8-4-5-10(17-3)9(12)6-8/h4-7H,1-3H3. The third-order valence-corrected chi connectivity index (χ3v) is 3.99. The Morgan fingerprint density at radius 3 is 2.78 bits per heavy atom. The van der Waals surface area contributed by atoms with Gasteiger partial charge in [-0.15, -0.1) is 5.10 Å². The van der Waals surface area contributed by atoms with Crippen molar-refractivity contribution in [1.29, 1.82) is 0 Å². The molecule has 1 atom stereocenters. The van der Waals surface area contributed by atoms with Crippen LogP contribution in [0.4, 0.5) is 0 Å². The highest BCUT2D eigenvalue weighted by atomic mass is 35.5. The number of ether oxygens (including phenoxy) is 1. The summed E-state index contributed by atoms with van der Waals surface area (Å²) in [5.74, 6) is 0.679. The molecule has 18 heavy (non-hydrogen) atoms. The lowest BCUT2D eigenvalue weighted by Crippen LogP contribution is -1.96. The second kappa shape index (κ2) is 5.58. The van der Waals surface area contributed by atoms with Gasteiger partial charge in [0.2, 0.25) is 5.16 Å². The summed E-state index contributed by atoms with van der Waals surface area (Å²) in [4.78, 5) is 0. The Hall–Kier alpha value is -1.27. The second-order valence-corrected chi connectivity index (χ2v) is 5.45. The molecule has 96 valence electrons. The fourth-order valence-corrected chi connectivity index (χ4v) is 2.62.